The van der Waals surface area contributed by atoms with Crippen LogP contribution in [-0.2, 0) is 6.54 Å². The van der Waals surface area contributed by atoms with Crippen molar-refractivity contribution in [3.63, 3.8) is 0 Å². The molecule has 0 aliphatic heterocycles. The number of likely N-dealkylation sites (N-methyl/N-ethyl adjacent to an activating group) is 1. The van der Waals surface area contributed by atoms with Crippen LogP contribution in [0.4, 0.5) is 0 Å². The first-order chi connectivity index (χ1) is 9.58. The Bertz CT molecular complexity index is 411. The monoisotopic (exact) mass is 300 g/mol. The third-order valence-electron chi connectivity index (χ3n) is 2.80. The van der Waals surface area contributed by atoms with Crippen LogP contribution in [0.3, 0.4) is 0 Å². The van der Waals surface area contributed by atoms with Crippen LogP contribution in [0.5, 0.6) is 11.5 Å². The number of nitrogens with one attached hydrogen (secondary N) is 1. The second-order valence-electron chi connectivity index (χ2n) is 4.94. The minimum atomic E-state index is 0.599. The molecule has 4 nitrogen and oxygen atoms in total. The molecule has 0 radical (unpaired) electrons. The van der Waals surface area contributed by atoms with Gasteiger partial charge in [-0.15, -0.1) is 0 Å². The molecule has 0 heterocycles. The Balaban J connectivity index is 2.67. The lowest BCUT2D eigenvalue weighted by molar-refractivity contribution is 0.294. The van der Waals surface area contributed by atoms with Gasteiger partial charge in [0.1, 0.15) is 0 Å². The molecule has 1 aromatic rings. The Labute approximate surface area is 127 Å². The maximum atomic E-state index is 6.27. The number of benzene rings is 1. The van der Waals surface area contributed by atoms with Gasteiger partial charge < -0.3 is 19.7 Å². The van der Waals surface area contributed by atoms with Crippen molar-refractivity contribution in [1.82, 2.24) is 10.2 Å². The lowest BCUT2D eigenvalue weighted by Gasteiger charge is -2.15. The summed E-state index contributed by atoms with van der Waals surface area (Å²) in [6.45, 7) is 5.39. The predicted molar refractivity (Wildman–Crippen MR) is 84.1 cm³/mol. The van der Waals surface area contributed by atoms with E-state index in [1.165, 1.54) is 0 Å². The lowest BCUT2D eigenvalue weighted by atomic mass is 10.2. The Hall–Kier alpha value is -0.970. The van der Waals surface area contributed by atoms with Gasteiger partial charge in [-0.3, -0.25) is 0 Å². The molecular formula is C15H25ClN2O2. The van der Waals surface area contributed by atoms with E-state index in [0.29, 0.717) is 23.1 Å². The van der Waals surface area contributed by atoms with Crippen LogP contribution in [0.15, 0.2) is 12.1 Å². The summed E-state index contributed by atoms with van der Waals surface area (Å²) in [7, 11) is 5.75. The van der Waals surface area contributed by atoms with E-state index < -0.39 is 0 Å². The van der Waals surface area contributed by atoms with Gasteiger partial charge >= 0.3 is 0 Å². The number of hydrogen-bond donors (Lipinski definition) is 1. The van der Waals surface area contributed by atoms with E-state index in [1.54, 1.807) is 7.11 Å². The van der Waals surface area contributed by atoms with Gasteiger partial charge in [0.2, 0.25) is 0 Å². The average Bonchev–Trinajstić information content (AvgIpc) is 2.41. The maximum Gasteiger partial charge on any atom is 0.179 e. The van der Waals surface area contributed by atoms with Crippen LogP contribution in [0.2, 0.25) is 5.02 Å². The largest absolute Gasteiger partial charge is 0.493 e. The molecule has 1 N–H and O–H groups in total. The van der Waals surface area contributed by atoms with E-state index in [2.05, 4.69) is 31.2 Å². The van der Waals surface area contributed by atoms with Gasteiger partial charge in [-0.2, -0.15) is 0 Å². The first-order valence-electron chi connectivity index (χ1n) is 6.93. The highest BCUT2D eigenvalue weighted by molar-refractivity contribution is 6.32. The minimum Gasteiger partial charge on any atom is -0.493 e. The smallest absolute Gasteiger partial charge is 0.179 e. The van der Waals surface area contributed by atoms with Gasteiger partial charge in [0, 0.05) is 19.6 Å². The van der Waals surface area contributed by atoms with Crippen molar-refractivity contribution in [2.45, 2.75) is 19.9 Å². The number of halogens is 1. The van der Waals surface area contributed by atoms with E-state index in [4.69, 9.17) is 21.1 Å². The molecule has 1 aromatic carbocycles. The zero-order valence-corrected chi connectivity index (χ0v) is 13.6. The first kappa shape index (κ1) is 17.1. The molecule has 5 heteroatoms. The number of ether oxygens (including phenoxy) is 2. The molecular weight excluding hydrogens is 276 g/mol. The van der Waals surface area contributed by atoms with Gasteiger partial charge in [-0.05, 0) is 38.2 Å². The molecule has 0 amide bonds. The van der Waals surface area contributed by atoms with Crippen molar-refractivity contribution in [3.8, 4) is 11.5 Å². The molecule has 0 saturated heterocycles. The quantitative estimate of drug-likeness (QED) is 0.711. The third kappa shape index (κ3) is 5.57. The van der Waals surface area contributed by atoms with Crippen LogP contribution in [0, 0.1) is 0 Å². The van der Waals surface area contributed by atoms with E-state index in [-0.39, 0.29) is 0 Å². The Morgan fingerprint density at radius 1 is 1.30 bits per heavy atom. The zero-order chi connectivity index (χ0) is 15.0. The van der Waals surface area contributed by atoms with Gasteiger partial charge in [0.05, 0.1) is 18.7 Å². The molecule has 0 atom stereocenters. The van der Waals surface area contributed by atoms with Crippen molar-refractivity contribution < 1.29 is 9.47 Å². The Kier molecular flexibility index (Phi) is 7.73. The number of rotatable bonds is 9. The molecule has 0 unspecified atom stereocenters. The number of methoxy groups -OCH3 is 1. The summed E-state index contributed by atoms with van der Waals surface area (Å²) in [5.74, 6) is 1.32. The van der Waals surface area contributed by atoms with E-state index in [9.17, 15) is 0 Å². The summed E-state index contributed by atoms with van der Waals surface area (Å²) in [4.78, 5) is 2.14. The SMILES string of the molecule is CCCOc1c(Cl)cc(CNCCN(C)C)cc1OC. The summed E-state index contributed by atoms with van der Waals surface area (Å²) in [5, 5.41) is 3.98. The van der Waals surface area contributed by atoms with Crippen LogP contribution >= 0.6 is 11.6 Å². The van der Waals surface area contributed by atoms with Crippen molar-refractivity contribution >= 4 is 11.6 Å². The fraction of sp³-hybridized carbons (Fsp3) is 0.600. The second-order valence-corrected chi connectivity index (χ2v) is 5.34. The Morgan fingerprint density at radius 3 is 2.65 bits per heavy atom. The zero-order valence-electron chi connectivity index (χ0n) is 12.8. The molecule has 114 valence electrons. The van der Waals surface area contributed by atoms with Crippen molar-refractivity contribution in [3.05, 3.63) is 22.7 Å². The maximum absolute atomic E-state index is 6.27. The first-order valence-corrected chi connectivity index (χ1v) is 7.31. The molecule has 1 rings (SSSR count). The molecule has 0 aliphatic rings. The highest BCUT2D eigenvalue weighted by atomic mass is 35.5. The van der Waals surface area contributed by atoms with Gasteiger partial charge in [0.25, 0.3) is 0 Å². The standard InChI is InChI=1S/C15H25ClN2O2/c1-5-8-20-15-13(16)9-12(10-14(15)19-4)11-17-6-7-18(2)3/h9-10,17H,5-8,11H2,1-4H3. The summed E-state index contributed by atoms with van der Waals surface area (Å²) >= 11 is 6.27. The molecule has 20 heavy (non-hydrogen) atoms. The molecule has 0 spiro atoms. The van der Waals surface area contributed by atoms with Gasteiger partial charge in [-0.25, -0.2) is 0 Å². The van der Waals surface area contributed by atoms with Gasteiger partial charge in [-0.1, -0.05) is 18.5 Å². The molecule has 0 saturated carbocycles. The Morgan fingerprint density at radius 2 is 2.05 bits per heavy atom. The van der Waals surface area contributed by atoms with Crippen LogP contribution in [0.25, 0.3) is 0 Å². The summed E-state index contributed by atoms with van der Waals surface area (Å²) in [6.07, 6.45) is 0.938. The molecule has 0 bridgehead atoms. The highest BCUT2D eigenvalue weighted by Gasteiger charge is 2.11. The van der Waals surface area contributed by atoms with Crippen molar-refractivity contribution in [1.29, 1.82) is 0 Å². The molecule has 0 aliphatic carbocycles. The lowest BCUT2D eigenvalue weighted by Crippen LogP contribution is -2.26. The van der Waals surface area contributed by atoms with Crippen LogP contribution in [-0.4, -0.2) is 45.8 Å². The second kappa shape index (κ2) is 9.06. The van der Waals surface area contributed by atoms with Crippen LogP contribution in [0.1, 0.15) is 18.9 Å². The van der Waals surface area contributed by atoms with Gasteiger partial charge in [0.15, 0.2) is 11.5 Å². The van der Waals surface area contributed by atoms with Crippen molar-refractivity contribution in [2.24, 2.45) is 0 Å². The van der Waals surface area contributed by atoms with Crippen LogP contribution < -0.4 is 14.8 Å². The predicted octanol–water partition coefficient (Wildman–Crippen LogP) is 2.79. The normalized spacial score (nSPS) is 10.9. The topological polar surface area (TPSA) is 33.7 Å². The summed E-state index contributed by atoms with van der Waals surface area (Å²) < 4.78 is 11.0. The molecule has 0 aromatic heterocycles. The fourth-order valence-corrected chi connectivity index (χ4v) is 2.04. The summed E-state index contributed by atoms with van der Waals surface area (Å²) in [6, 6.07) is 3.90. The van der Waals surface area contributed by atoms with E-state index >= 15 is 0 Å². The molecule has 0 fully saturated rings. The van der Waals surface area contributed by atoms with E-state index in [1.807, 2.05) is 12.1 Å². The fourth-order valence-electron chi connectivity index (χ4n) is 1.75. The average molecular weight is 301 g/mol. The highest BCUT2D eigenvalue weighted by Crippen LogP contribution is 2.36. The van der Waals surface area contributed by atoms with E-state index in [0.717, 1.165) is 31.6 Å². The third-order valence-corrected chi connectivity index (χ3v) is 3.09. The number of nitrogens with zero attached hydrogens (tertiary/aromatic N) is 1. The number of hydrogen-bond acceptors (Lipinski definition) is 4. The summed E-state index contributed by atoms with van der Waals surface area (Å²) in [5.41, 5.74) is 1.09. The minimum absolute atomic E-state index is 0.599. The van der Waals surface area contributed by atoms with Crippen molar-refractivity contribution in [2.75, 3.05) is 40.9 Å².